The predicted molar refractivity (Wildman–Crippen MR) is 210 cm³/mol. The molecule has 0 aromatic heterocycles. The van der Waals surface area contributed by atoms with Crippen LogP contribution in [0.2, 0.25) is 0 Å². The zero-order valence-electron chi connectivity index (χ0n) is 33.2. The highest BCUT2D eigenvalue weighted by molar-refractivity contribution is 5.71. The fraction of sp³-hybridized carbons (Fsp3) is 0.841. The number of carbonyl (C=O) groups is 3. The van der Waals surface area contributed by atoms with Crippen LogP contribution < -0.4 is 0 Å². The van der Waals surface area contributed by atoms with E-state index >= 15 is 0 Å². The minimum atomic E-state index is -0.766. The predicted octanol–water partition coefficient (Wildman–Crippen LogP) is 13.2. The smallest absolute Gasteiger partial charge is 0.306 e. The van der Waals surface area contributed by atoms with Crippen LogP contribution in [0.4, 0.5) is 0 Å². The van der Waals surface area contributed by atoms with Crippen LogP contribution in [0.1, 0.15) is 220 Å². The number of esters is 3. The molecule has 0 aliphatic heterocycles. The van der Waals surface area contributed by atoms with Crippen molar-refractivity contribution in [3.8, 4) is 0 Å². The number of allylic oxidation sites excluding steroid dienone is 4. The molecule has 1 atom stereocenters. The molecule has 0 aromatic rings. The average molecular weight is 705 g/mol. The van der Waals surface area contributed by atoms with Gasteiger partial charge >= 0.3 is 17.9 Å². The largest absolute Gasteiger partial charge is 0.462 e. The van der Waals surface area contributed by atoms with E-state index < -0.39 is 6.10 Å². The van der Waals surface area contributed by atoms with Crippen molar-refractivity contribution in [2.24, 2.45) is 0 Å². The lowest BCUT2D eigenvalue weighted by Gasteiger charge is -2.18. The zero-order chi connectivity index (χ0) is 36.6. The van der Waals surface area contributed by atoms with Crippen molar-refractivity contribution in [1.82, 2.24) is 0 Å². The molecule has 1 unspecified atom stereocenters. The highest BCUT2D eigenvalue weighted by atomic mass is 16.6. The molecule has 6 heteroatoms. The zero-order valence-corrected chi connectivity index (χ0v) is 33.2. The van der Waals surface area contributed by atoms with Crippen LogP contribution in [0.3, 0.4) is 0 Å². The molecule has 50 heavy (non-hydrogen) atoms. The first-order valence-electron chi connectivity index (χ1n) is 21.3. The highest BCUT2D eigenvalue weighted by Crippen LogP contribution is 2.14. The summed E-state index contributed by atoms with van der Waals surface area (Å²) >= 11 is 0. The minimum Gasteiger partial charge on any atom is -0.462 e. The van der Waals surface area contributed by atoms with Crippen molar-refractivity contribution >= 4 is 17.9 Å². The summed E-state index contributed by atoms with van der Waals surface area (Å²) < 4.78 is 16.6. The number of rotatable bonds is 38. The molecular weight excluding hydrogens is 624 g/mol. The summed E-state index contributed by atoms with van der Waals surface area (Å²) in [4.78, 5) is 37.4. The molecular formula is C44H80O6. The summed E-state index contributed by atoms with van der Waals surface area (Å²) in [7, 11) is 0. The molecule has 292 valence electrons. The third-order valence-electron chi connectivity index (χ3n) is 9.21. The van der Waals surface area contributed by atoms with Crippen LogP contribution in [0.15, 0.2) is 24.3 Å². The van der Waals surface area contributed by atoms with Gasteiger partial charge in [0.15, 0.2) is 6.10 Å². The van der Waals surface area contributed by atoms with Crippen molar-refractivity contribution in [3.63, 3.8) is 0 Å². The Hall–Kier alpha value is -2.11. The summed E-state index contributed by atoms with van der Waals surface area (Å²) in [5, 5.41) is 0. The standard InChI is InChI=1S/C44H80O6/c1-4-7-10-13-16-18-20-21-22-23-24-25-27-28-31-34-37-43(46)49-40-41(39-48-42(45)36-33-30-15-12-9-6-3)50-44(47)38-35-32-29-26-19-17-14-11-8-5-2/h18,20,22-23,41H,4-17,19,21,24-40H2,1-3H3/b20-18-,23-22-. The van der Waals surface area contributed by atoms with Crippen LogP contribution in [-0.4, -0.2) is 37.2 Å². The van der Waals surface area contributed by atoms with E-state index in [-0.39, 0.29) is 31.1 Å². The molecule has 0 amide bonds. The molecule has 0 saturated carbocycles. The fourth-order valence-corrected chi connectivity index (χ4v) is 5.94. The van der Waals surface area contributed by atoms with Crippen molar-refractivity contribution in [2.45, 2.75) is 226 Å². The van der Waals surface area contributed by atoms with E-state index in [1.54, 1.807) is 0 Å². The van der Waals surface area contributed by atoms with Gasteiger partial charge in [-0.15, -0.1) is 0 Å². The first-order chi connectivity index (χ1) is 24.5. The maximum absolute atomic E-state index is 12.6. The summed E-state index contributed by atoms with van der Waals surface area (Å²) in [5.41, 5.74) is 0. The Kier molecular flexibility index (Phi) is 38.0. The quantitative estimate of drug-likeness (QED) is 0.0275. The Balaban J connectivity index is 4.27. The molecule has 0 heterocycles. The van der Waals surface area contributed by atoms with E-state index in [1.165, 1.54) is 103 Å². The van der Waals surface area contributed by atoms with Crippen molar-refractivity contribution in [2.75, 3.05) is 13.2 Å². The third-order valence-corrected chi connectivity index (χ3v) is 9.21. The maximum atomic E-state index is 12.6. The first-order valence-corrected chi connectivity index (χ1v) is 21.3. The number of hydrogen-bond acceptors (Lipinski definition) is 6. The molecule has 6 nitrogen and oxygen atoms in total. The van der Waals surface area contributed by atoms with Crippen molar-refractivity contribution in [1.29, 1.82) is 0 Å². The average Bonchev–Trinajstić information content (AvgIpc) is 3.11. The summed E-state index contributed by atoms with van der Waals surface area (Å²) in [6.45, 7) is 6.53. The summed E-state index contributed by atoms with van der Waals surface area (Å²) in [6, 6.07) is 0. The number of carbonyl (C=O) groups excluding carboxylic acids is 3. The van der Waals surface area contributed by atoms with Gasteiger partial charge in [0.2, 0.25) is 0 Å². The van der Waals surface area contributed by atoms with Gasteiger partial charge in [0.25, 0.3) is 0 Å². The van der Waals surface area contributed by atoms with Gasteiger partial charge in [0, 0.05) is 19.3 Å². The van der Waals surface area contributed by atoms with Gasteiger partial charge in [-0.3, -0.25) is 14.4 Å². The Labute approximate surface area is 309 Å². The SMILES string of the molecule is CCCCCC/C=C\C/C=C\CCCCCCCC(=O)OCC(COC(=O)CCCCCCCC)OC(=O)CCCCCCCCCCCC. The van der Waals surface area contributed by atoms with E-state index in [0.29, 0.717) is 19.3 Å². The van der Waals surface area contributed by atoms with E-state index in [1.807, 2.05) is 0 Å². The Morgan fingerprint density at radius 3 is 1.12 bits per heavy atom. The lowest BCUT2D eigenvalue weighted by atomic mass is 10.1. The Morgan fingerprint density at radius 2 is 0.720 bits per heavy atom. The Bertz CT molecular complexity index is 819. The maximum Gasteiger partial charge on any atom is 0.306 e. The molecule has 0 saturated heterocycles. The molecule has 0 aromatic carbocycles. The lowest BCUT2D eigenvalue weighted by molar-refractivity contribution is -0.167. The van der Waals surface area contributed by atoms with Gasteiger partial charge in [-0.05, 0) is 51.4 Å². The van der Waals surface area contributed by atoms with Crippen molar-refractivity contribution < 1.29 is 28.6 Å². The molecule has 0 N–H and O–H groups in total. The van der Waals surface area contributed by atoms with E-state index in [0.717, 1.165) is 77.0 Å². The van der Waals surface area contributed by atoms with Crippen LogP contribution in [0.25, 0.3) is 0 Å². The van der Waals surface area contributed by atoms with Gasteiger partial charge < -0.3 is 14.2 Å². The monoisotopic (exact) mass is 705 g/mol. The summed E-state index contributed by atoms with van der Waals surface area (Å²) in [6.07, 6.45) is 41.8. The number of unbranched alkanes of at least 4 members (excludes halogenated alkanes) is 23. The minimum absolute atomic E-state index is 0.0739. The van der Waals surface area contributed by atoms with Crippen LogP contribution in [0.5, 0.6) is 0 Å². The second kappa shape index (κ2) is 39.7. The number of hydrogen-bond donors (Lipinski definition) is 0. The molecule has 0 spiro atoms. The van der Waals surface area contributed by atoms with E-state index in [2.05, 4.69) is 45.1 Å². The molecule has 0 aliphatic rings. The van der Waals surface area contributed by atoms with Gasteiger partial charge in [-0.2, -0.15) is 0 Å². The highest BCUT2D eigenvalue weighted by Gasteiger charge is 2.19. The molecule has 0 fully saturated rings. The second-order valence-corrected chi connectivity index (χ2v) is 14.3. The third kappa shape index (κ3) is 37.2. The molecule has 0 radical (unpaired) electrons. The number of ether oxygens (including phenoxy) is 3. The second-order valence-electron chi connectivity index (χ2n) is 14.3. The molecule has 0 bridgehead atoms. The van der Waals surface area contributed by atoms with Crippen molar-refractivity contribution in [3.05, 3.63) is 24.3 Å². The van der Waals surface area contributed by atoms with Gasteiger partial charge in [-0.25, -0.2) is 0 Å². The normalized spacial score (nSPS) is 12.1. The molecule has 0 rings (SSSR count). The lowest BCUT2D eigenvalue weighted by Crippen LogP contribution is -2.30. The summed E-state index contributed by atoms with van der Waals surface area (Å²) in [5.74, 6) is -0.898. The van der Waals surface area contributed by atoms with E-state index in [4.69, 9.17) is 14.2 Å². The van der Waals surface area contributed by atoms with Gasteiger partial charge in [-0.1, -0.05) is 173 Å². The Morgan fingerprint density at radius 1 is 0.400 bits per heavy atom. The van der Waals surface area contributed by atoms with E-state index in [9.17, 15) is 14.4 Å². The van der Waals surface area contributed by atoms with Crippen LogP contribution >= 0.6 is 0 Å². The topological polar surface area (TPSA) is 78.9 Å². The fourth-order valence-electron chi connectivity index (χ4n) is 5.94. The van der Waals surface area contributed by atoms with Gasteiger partial charge in [0.1, 0.15) is 13.2 Å². The van der Waals surface area contributed by atoms with Gasteiger partial charge in [0.05, 0.1) is 0 Å². The van der Waals surface area contributed by atoms with Crippen LogP contribution in [-0.2, 0) is 28.6 Å². The first kappa shape index (κ1) is 47.9. The molecule has 0 aliphatic carbocycles. The van der Waals surface area contributed by atoms with Crippen LogP contribution in [0, 0.1) is 0 Å².